The number of H-pyrrole nitrogens is 1. The van der Waals surface area contributed by atoms with E-state index in [1.165, 1.54) is 6.42 Å². The molecule has 1 aromatic heterocycles. The Bertz CT molecular complexity index is 603. The summed E-state index contributed by atoms with van der Waals surface area (Å²) in [7, 11) is 3.34. The summed E-state index contributed by atoms with van der Waals surface area (Å²) in [6, 6.07) is 5.77. The molecule has 1 fully saturated rings. The number of aromatic amines is 1. The van der Waals surface area contributed by atoms with E-state index in [9.17, 15) is 0 Å². The highest BCUT2D eigenvalue weighted by atomic mass is 16.5. The van der Waals surface area contributed by atoms with Gasteiger partial charge in [0.2, 0.25) is 0 Å². The van der Waals surface area contributed by atoms with E-state index in [0.29, 0.717) is 5.92 Å². The van der Waals surface area contributed by atoms with Crippen LogP contribution in [0.25, 0.3) is 11.3 Å². The molecular weight excluding hydrogens is 266 g/mol. The fourth-order valence-electron chi connectivity index (χ4n) is 2.79. The molecule has 1 unspecified atom stereocenters. The first-order valence-corrected chi connectivity index (χ1v) is 7.27. The Kier molecular flexibility index (Phi) is 4.10. The molecule has 112 valence electrons. The lowest BCUT2D eigenvalue weighted by molar-refractivity contribution is 0.404. The molecule has 1 aliphatic rings. The largest absolute Gasteiger partial charge is 0.497 e. The van der Waals surface area contributed by atoms with Crippen molar-refractivity contribution in [1.29, 1.82) is 0 Å². The van der Waals surface area contributed by atoms with Gasteiger partial charge in [0.05, 0.1) is 26.1 Å². The second kappa shape index (κ2) is 6.18. The van der Waals surface area contributed by atoms with Crippen molar-refractivity contribution in [1.82, 2.24) is 15.3 Å². The van der Waals surface area contributed by atoms with Crippen LogP contribution in [-0.4, -0.2) is 37.3 Å². The van der Waals surface area contributed by atoms with Crippen LogP contribution in [0.1, 0.15) is 12.2 Å². The van der Waals surface area contributed by atoms with Gasteiger partial charge >= 0.3 is 0 Å². The molecule has 1 aliphatic heterocycles. The summed E-state index contributed by atoms with van der Waals surface area (Å²) in [5.74, 6) is 3.33. The fourth-order valence-corrected chi connectivity index (χ4v) is 2.79. The standard InChI is InChI=1S/C16H21N3O2/c1-20-12-3-4-15(21-2)13(8-12)14-10-18-16(19-14)7-11-5-6-17-9-11/h3-4,8,10-11,17H,5-7,9H2,1-2H3,(H,18,19). The molecule has 1 atom stereocenters. The van der Waals surface area contributed by atoms with E-state index in [1.54, 1.807) is 14.2 Å². The van der Waals surface area contributed by atoms with Gasteiger partial charge in [-0.3, -0.25) is 0 Å². The third-order valence-corrected chi connectivity index (χ3v) is 3.97. The van der Waals surface area contributed by atoms with Crippen LogP contribution in [-0.2, 0) is 6.42 Å². The van der Waals surface area contributed by atoms with Gasteiger partial charge in [-0.25, -0.2) is 4.98 Å². The van der Waals surface area contributed by atoms with Gasteiger partial charge < -0.3 is 19.8 Å². The normalized spacial score (nSPS) is 17.9. The number of rotatable bonds is 5. The molecule has 0 amide bonds. The maximum Gasteiger partial charge on any atom is 0.128 e. The van der Waals surface area contributed by atoms with Crippen molar-refractivity contribution in [2.24, 2.45) is 5.92 Å². The SMILES string of the molecule is COc1ccc(OC)c(-c2cnc(CC3CCNC3)[nH]2)c1. The number of aromatic nitrogens is 2. The van der Waals surface area contributed by atoms with Gasteiger partial charge in [-0.1, -0.05) is 0 Å². The quantitative estimate of drug-likeness (QED) is 0.885. The molecule has 5 heteroatoms. The zero-order valence-corrected chi connectivity index (χ0v) is 12.5. The molecule has 5 nitrogen and oxygen atoms in total. The van der Waals surface area contributed by atoms with Crippen molar-refractivity contribution in [2.45, 2.75) is 12.8 Å². The molecule has 21 heavy (non-hydrogen) atoms. The highest BCUT2D eigenvalue weighted by molar-refractivity contribution is 5.68. The number of nitrogens with zero attached hydrogens (tertiary/aromatic N) is 1. The zero-order chi connectivity index (χ0) is 14.7. The maximum absolute atomic E-state index is 5.43. The van der Waals surface area contributed by atoms with Crippen LogP contribution < -0.4 is 14.8 Å². The van der Waals surface area contributed by atoms with Gasteiger partial charge in [0.25, 0.3) is 0 Å². The topological polar surface area (TPSA) is 59.2 Å². The minimum absolute atomic E-state index is 0.677. The van der Waals surface area contributed by atoms with E-state index in [1.807, 2.05) is 24.4 Å². The van der Waals surface area contributed by atoms with Crippen molar-refractivity contribution in [2.75, 3.05) is 27.3 Å². The molecule has 2 N–H and O–H groups in total. The van der Waals surface area contributed by atoms with Gasteiger partial charge in [0.1, 0.15) is 17.3 Å². The molecule has 1 saturated heterocycles. The van der Waals surface area contributed by atoms with Crippen LogP contribution in [0.3, 0.4) is 0 Å². The summed E-state index contributed by atoms with van der Waals surface area (Å²) in [6.07, 6.45) is 4.08. The summed E-state index contributed by atoms with van der Waals surface area (Å²) in [5.41, 5.74) is 1.94. The lowest BCUT2D eigenvalue weighted by Crippen LogP contribution is -2.11. The van der Waals surface area contributed by atoms with E-state index < -0.39 is 0 Å². The van der Waals surface area contributed by atoms with Crippen LogP contribution in [0, 0.1) is 5.92 Å². The number of hydrogen-bond donors (Lipinski definition) is 2. The molecule has 0 aliphatic carbocycles. The molecule has 1 aromatic carbocycles. The van der Waals surface area contributed by atoms with Gasteiger partial charge in [-0.05, 0) is 43.6 Å². The predicted molar refractivity (Wildman–Crippen MR) is 81.8 cm³/mol. The van der Waals surface area contributed by atoms with E-state index in [2.05, 4.69) is 15.3 Å². The summed E-state index contributed by atoms with van der Waals surface area (Å²) in [6.45, 7) is 2.19. The number of benzene rings is 1. The lowest BCUT2D eigenvalue weighted by atomic mass is 10.1. The number of imidazole rings is 1. The van der Waals surface area contributed by atoms with Crippen molar-refractivity contribution in [3.63, 3.8) is 0 Å². The first-order valence-electron chi connectivity index (χ1n) is 7.27. The first-order chi connectivity index (χ1) is 10.3. The van der Waals surface area contributed by atoms with E-state index in [4.69, 9.17) is 9.47 Å². The summed E-state index contributed by atoms with van der Waals surface area (Å²) >= 11 is 0. The third kappa shape index (κ3) is 3.03. The molecule has 2 heterocycles. The molecule has 0 radical (unpaired) electrons. The number of hydrogen-bond acceptors (Lipinski definition) is 4. The van der Waals surface area contributed by atoms with Gasteiger partial charge in [-0.2, -0.15) is 0 Å². The van der Waals surface area contributed by atoms with Crippen molar-refractivity contribution in [3.05, 3.63) is 30.2 Å². The number of nitrogens with one attached hydrogen (secondary N) is 2. The van der Waals surface area contributed by atoms with Crippen molar-refractivity contribution >= 4 is 0 Å². The van der Waals surface area contributed by atoms with Gasteiger partial charge in [0.15, 0.2) is 0 Å². The van der Waals surface area contributed by atoms with Crippen LogP contribution >= 0.6 is 0 Å². The van der Waals surface area contributed by atoms with E-state index in [-0.39, 0.29) is 0 Å². The molecule has 2 aromatic rings. The van der Waals surface area contributed by atoms with Gasteiger partial charge in [-0.15, -0.1) is 0 Å². The fraction of sp³-hybridized carbons (Fsp3) is 0.438. The Morgan fingerprint density at radius 2 is 2.19 bits per heavy atom. The molecule has 3 rings (SSSR count). The second-order valence-electron chi connectivity index (χ2n) is 5.37. The average Bonchev–Trinajstić information content (AvgIpc) is 3.19. The number of ether oxygens (including phenoxy) is 2. The summed E-state index contributed by atoms with van der Waals surface area (Å²) < 4.78 is 10.7. The smallest absolute Gasteiger partial charge is 0.128 e. The monoisotopic (exact) mass is 287 g/mol. The number of methoxy groups -OCH3 is 2. The minimum Gasteiger partial charge on any atom is -0.497 e. The van der Waals surface area contributed by atoms with Crippen LogP contribution in [0.5, 0.6) is 11.5 Å². The predicted octanol–water partition coefficient (Wildman–Crippen LogP) is 2.25. The van der Waals surface area contributed by atoms with Crippen molar-refractivity contribution < 1.29 is 9.47 Å². The van der Waals surface area contributed by atoms with E-state index in [0.717, 1.165) is 48.1 Å². The second-order valence-corrected chi connectivity index (χ2v) is 5.37. The average molecular weight is 287 g/mol. The molecule has 0 spiro atoms. The Morgan fingerprint density at radius 1 is 1.29 bits per heavy atom. The highest BCUT2D eigenvalue weighted by Crippen LogP contribution is 2.32. The summed E-state index contributed by atoms with van der Waals surface area (Å²) in [5, 5.41) is 3.39. The zero-order valence-electron chi connectivity index (χ0n) is 12.5. The molecule has 0 saturated carbocycles. The maximum atomic E-state index is 5.43. The van der Waals surface area contributed by atoms with Crippen molar-refractivity contribution in [3.8, 4) is 22.8 Å². The Morgan fingerprint density at radius 3 is 2.90 bits per heavy atom. The van der Waals surface area contributed by atoms with Crippen LogP contribution in [0.4, 0.5) is 0 Å². The molecule has 0 bridgehead atoms. The third-order valence-electron chi connectivity index (χ3n) is 3.97. The highest BCUT2D eigenvalue weighted by Gasteiger charge is 2.17. The Balaban J connectivity index is 1.84. The lowest BCUT2D eigenvalue weighted by Gasteiger charge is -2.09. The van der Waals surface area contributed by atoms with Gasteiger partial charge in [0, 0.05) is 12.0 Å². The minimum atomic E-state index is 0.677. The Hall–Kier alpha value is -2.01. The van der Waals surface area contributed by atoms with Crippen LogP contribution in [0.2, 0.25) is 0 Å². The van der Waals surface area contributed by atoms with Crippen LogP contribution in [0.15, 0.2) is 24.4 Å². The molecular formula is C16H21N3O2. The summed E-state index contributed by atoms with van der Waals surface area (Å²) in [4.78, 5) is 7.92. The Labute approximate surface area is 124 Å². The van der Waals surface area contributed by atoms with E-state index >= 15 is 0 Å². The first kappa shape index (κ1) is 13.9.